The number of anilines is 1. The minimum atomic E-state index is -4.60. The molecular formula is C18H11ClF3N7O. The second-order valence-corrected chi connectivity index (χ2v) is 6.64. The highest BCUT2D eigenvalue weighted by Gasteiger charge is 2.34. The van der Waals surface area contributed by atoms with Crippen molar-refractivity contribution >= 4 is 28.7 Å². The van der Waals surface area contributed by atoms with Crippen LogP contribution < -0.4 is 5.32 Å². The monoisotopic (exact) mass is 433 g/mol. The molecule has 4 aromatic rings. The van der Waals surface area contributed by atoms with E-state index in [-0.39, 0.29) is 17.1 Å². The van der Waals surface area contributed by atoms with Crippen LogP contribution in [0.15, 0.2) is 41.2 Å². The smallest absolute Gasteiger partial charge is 0.417 e. The van der Waals surface area contributed by atoms with Gasteiger partial charge in [-0.05, 0) is 25.1 Å². The van der Waals surface area contributed by atoms with Crippen molar-refractivity contribution in [3.63, 3.8) is 0 Å². The largest absolute Gasteiger partial charge is 0.423 e. The third-order valence-corrected chi connectivity index (χ3v) is 4.49. The van der Waals surface area contributed by atoms with E-state index in [0.717, 1.165) is 12.1 Å². The summed E-state index contributed by atoms with van der Waals surface area (Å²) in [4.78, 5) is 12.4. The summed E-state index contributed by atoms with van der Waals surface area (Å²) in [6, 6.07) is 6.60. The minimum Gasteiger partial charge on any atom is -0.423 e. The molecule has 8 nitrogen and oxygen atoms in total. The average Bonchev–Trinajstić information content (AvgIpc) is 3.33. The molecule has 1 unspecified atom stereocenters. The van der Waals surface area contributed by atoms with E-state index < -0.39 is 22.8 Å². The Kier molecular flexibility index (Phi) is 4.79. The summed E-state index contributed by atoms with van der Waals surface area (Å²) < 4.78 is 46.0. The van der Waals surface area contributed by atoms with Crippen LogP contribution in [0.25, 0.3) is 16.9 Å². The van der Waals surface area contributed by atoms with Crippen LogP contribution >= 0.6 is 11.6 Å². The number of nitriles is 1. The van der Waals surface area contributed by atoms with Crippen LogP contribution in [0.5, 0.6) is 0 Å². The predicted molar refractivity (Wildman–Crippen MR) is 99.9 cm³/mol. The van der Waals surface area contributed by atoms with Gasteiger partial charge in [-0.15, -0.1) is 0 Å². The fourth-order valence-electron chi connectivity index (χ4n) is 2.78. The number of alkyl halides is 3. The van der Waals surface area contributed by atoms with Gasteiger partial charge in [-0.3, -0.25) is 0 Å². The zero-order valence-corrected chi connectivity index (χ0v) is 15.9. The van der Waals surface area contributed by atoms with E-state index in [9.17, 15) is 13.2 Å². The zero-order chi connectivity index (χ0) is 21.5. The number of pyridine rings is 1. The van der Waals surface area contributed by atoms with Crippen LogP contribution in [0.3, 0.4) is 0 Å². The summed E-state index contributed by atoms with van der Waals surface area (Å²) in [5, 5.41) is 15.5. The van der Waals surface area contributed by atoms with Crippen LogP contribution in [-0.2, 0) is 6.18 Å². The summed E-state index contributed by atoms with van der Waals surface area (Å²) in [6.07, 6.45) is -1.87. The molecule has 4 rings (SSSR count). The molecule has 3 heterocycles. The van der Waals surface area contributed by atoms with E-state index in [2.05, 4.69) is 25.4 Å². The van der Waals surface area contributed by atoms with Crippen molar-refractivity contribution in [2.45, 2.75) is 19.1 Å². The lowest BCUT2D eigenvalue weighted by molar-refractivity contribution is -0.137. The second kappa shape index (κ2) is 7.31. The van der Waals surface area contributed by atoms with Gasteiger partial charge in [0.1, 0.15) is 17.9 Å². The van der Waals surface area contributed by atoms with Crippen LogP contribution in [-0.4, -0.2) is 24.7 Å². The molecule has 1 atom stereocenters. The average molecular weight is 434 g/mol. The fraction of sp³-hybridized carbons (Fsp3) is 0.167. The fourth-order valence-corrected chi connectivity index (χ4v) is 3.04. The molecule has 152 valence electrons. The third-order valence-electron chi connectivity index (χ3n) is 4.18. The summed E-state index contributed by atoms with van der Waals surface area (Å²) in [5.74, 6) is 0.887. The van der Waals surface area contributed by atoms with Crippen molar-refractivity contribution < 1.29 is 17.6 Å². The van der Waals surface area contributed by atoms with Crippen molar-refractivity contribution in [1.82, 2.24) is 24.7 Å². The Hall–Kier alpha value is -3.65. The molecule has 0 spiro atoms. The first-order valence-corrected chi connectivity index (χ1v) is 8.84. The van der Waals surface area contributed by atoms with Gasteiger partial charge in [0.05, 0.1) is 22.2 Å². The molecule has 1 aromatic carbocycles. The van der Waals surface area contributed by atoms with E-state index in [1.54, 1.807) is 19.1 Å². The number of hydrogen-bond acceptors (Lipinski definition) is 7. The number of fused-ring (bicyclic) bond motifs is 1. The Balaban J connectivity index is 1.62. The number of oxazole rings is 1. The Morgan fingerprint density at radius 1 is 1.27 bits per heavy atom. The molecule has 0 saturated carbocycles. The van der Waals surface area contributed by atoms with Crippen molar-refractivity contribution in [2.24, 2.45) is 0 Å². The van der Waals surface area contributed by atoms with Crippen LogP contribution in [0, 0.1) is 11.3 Å². The lowest BCUT2D eigenvalue weighted by Gasteiger charge is -2.12. The molecular weight excluding hydrogens is 423 g/mol. The number of halogens is 4. The maximum Gasteiger partial charge on any atom is 0.417 e. The van der Waals surface area contributed by atoms with Gasteiger partial charge in [0.25, 0.3) is 6.01 Å². The molecule has 0 aliphatic carbocycles. The van der Waals surface area contributed by atoms with E-state index in [0.29, 0.717) is 17.2 Å². The van der Waals surface area contributed by atoms with Crippen molar-refractivity contribution in [2.75, 3.05) is 5.32 Å². The first-order valence-electron chi connectivity index (χ1n) is 8.46. The van der Waals surface area contributed by atoms with E-state index in [1.165, 1.54) is 17.2 Å². The van der Waals surface area contributed by atoms with Gasteiger partial charge in [-0.1, -0.05) is 11.6 Å². The van der Waals surface area contributed by atoms with Crippen LogP contribution in [0.2, 0.25) is 5.02 Å². The molecule has 30 heavy (non-hydrogen) atoms. The summed E-state index contributed by atoms with van der Waals surface area (Å²) in [6.45, 7) is 1.74. The second-order valence-electron chi connectivity index (χ2n) is 6.23. The third kappa shape index (κ3) is 3.65. The number of aromatic nitrogens is 5. The first kappa shape index (κ1) is 19.7. The SMILES string of the molecule is CC(Nc1nc2cc(C(F)(F)F)c(Cl)cc2o1)c1ncnn1-c1ccc(C#N)cn1. The van der Waals surface area contributed by atoms with Gasteiger partial charge >= 0.3 is 6.18 Å². The predicted octanol–water partition coefficient (Wildman–Crippen LogP) is 4.52. The molecule has 12 heteroatoms. The van der Waals surface area contributed by atoms with Gasteiger partial charge in [0.2, 0.25) is 0 Å². The van der Waals surface area contributed by atoms with E-state index in [4.69, 9.17) is 21.3 Å². The van der Waals surface area contributed by atoms with Gasteiger partial charge in [-0.2, -0.15) is 33.2 Å². The minimum absolute atomic E-state index is 0.00442. The van der Waals surface area contributed by atoms with Gasteiger partial charge < -0.3 is 9.73 Å². The van der Waals surface area contributed by atoms with Crippen molar-refractivity contribution in [3.05, 3.63) is 58.8 Å². The molecule has 0 fully saturated rings. The normalized spacial score (nSPS) is 12.7. The van der Waals surface area contributed by atoms with Crippen LogP contribution in [0.4, 0.5) is 19.2 Å². The first-order chi connectivity index (χ1) is 14.3. The summed E-state index contributed by atoms with van der Waals surface area (Å²) in [7, 11) is 0. The Morgan fingerprint density at radius 2 is 2.07 bits per heavy atom. The number of nitrogens with one attached hydrogen (secondary N) is 1. The maximum absolute atomic E-state index is 13.0. The highest BCUT2D eigenvalue weighted by Crippen LogP contribution is 2.37. The van der Waals surface area contributed by atoms with E-state index >= 15 is 0 Å². The zero-order valence-electron chi connectivity index (χ0n) is 15.1. The number of hydrogen-bond donors (Lipinski definition) is 1. The van der Waals surface area contributed by atoms with E-state index in [1.807, 2.05) is 6.07 Å². The van der Waals surface area contributed by atoms with Crippen molar-refractivity contribution in [3.8, 4) is 11.9 Å². The standard InChI is InChI=1S/C18H11ClF3N7O/c1-9(16-25-8-26-29(16)15-3-2-10(6-23)7-24-15)27-17-28-13-4-11(18(20,21)22)12(19)5-14(13)30-17/h2-5,7-9H,1H3,(H,27,28). The van der Waals surface area contributed by atoms with Crippen molar-refractivity contribution in [1.29, 1.82) is 5.26 Å². The maximum atomic E-state index is 13.0. The molecule has 0 amide bonds. The summed E-state index contributed by atoms with van der Waals surface area (Å²) in [5.41, 5.74) is -0.472. The molecule has 0 radical (unpaired) electrons. The van der Waals surface area contributed by atoms with Gasteiger partial charge in [-0.25, -0.2) is 9.97 Å². The summed E-state index contributed by atoms with van der Waals surface area (Å²) >= 11 is 5.72. The topological polar surface area (TPSA) is 105 Å². The highest BCUT2D eigenvalue weighted by atomic mass is 35.5. The Morgan fingerprint density at radius 3 is 2.73 bits per heavy atom. The molecule has 3 aromatic heterocycles. The number of nitrogens with zero attached hydrogens (tertiary/aromatic N) is 6. The lowest BCUT2D eigenvalue weighted by Crippen LogP contribution is -2.14. The lowest BCUT2D eigenvalue weighted by atomic mass is 10.2. The Labute approximate surface area is 171 Å². The molecule has 0 aliphatic rings. The van der Waals surface area contributed by atoms with Gasteiger partial charge in [0.15, 0.2) is 17.2 Å². The highest BCUT2D eigenvalue weighted by molar-refractivity contribution is 6.32. The molecule has 0 bridgehead atoms. The quantitative estimate of drug-likeness (QED) is 0.504. The van der Waals surface area contributed by atoms with Crippen LogP contribution in [0.1, 0.15) is 29.9 Å². The Bertz CT molecular complexity index is 1260. The molecule has 1 N–H and O–H groups in total. The molecule has 0 saturated heterocycles. The number of rotatable bonds is 4. The molecule has 0 aliphatic heterocycles. The number of benzene rings is 1. The van der Waals surface area contributed by atoms with Gasteiger partial charge in [0, 0.05) is 12.3 Å².